The van der Waals surface area contributed by atoms with Crippen molar-refractivity contribution < 1.29 is 0 Å². The van der Waals surface area contributed by atoms with E-state index >= 15 is 0 Å². The van der Waals surface area contributed by atoms with Gasteiger partial charge in [-0.05, 0) is 37.1 Å². The van der Waals surface area contributed by atoms with E-state index in [9.17, 15) is 0 Å². The second-order valence-electron chi connectivity index (χ2n) is 6.82. The molecule has 0 fully saturated rings. The molecule has 5 aromatic rings. The lowest BCUT2D eigenvalue weighted by molar-refractivity contribution is 0.953. The van der Waals surface area contributed by atoms with Crippen molar-refractivity contribution in [3.8, 4) is 0 Å². The van der Waals surface area contributed by atoms with Crippen LogP contribution in [0.4, 0.5) is 0 Å². The van der Waals surface area contributed by atoms with Crippen LogP contribution in [0.15, 0.2) is 57.7 Å². The van der Waals surface area contributed by atoms with Gasteiger partial charge in [-0.1, -0.05) is 47.0 Å². The number of hydrogen-bond acceptors (Lipinski definition) is 7. The molecule has 5 rings (SSSR count). The van der Waals surface area contributed by atoms with Crippen LogP contribution < -0.4 is 0 Å². The molecule has 0 aromatic carbocycles. The lowest BCUT2D eigenvalue weighted by atomic mass is 10.3. The molecule has 0 atom stereocenters. The number of pyridine rings is 2. The average Bonchev–Trinajstić information content (AvgIpc) is 3.41. The molecular formula is C20H18N6S3. The first kappa shape index (κ1) is 18.7. The molecule has 5 heterocycles. The van der Waals surface area contributed by atoms with Gasteiger partial charge >= 0.3 is 0 Å². The van der Waals surface area contributed by atoms with Gasteiger partial charge in [-0.2, -0.15) is 0 Å². The summed E-state index contributed by atoms with van der Waals surface area (Å²) in [6.45, 7) is 4.17. The highest BCUT2D eigenvalue weighted by atomic mass is 32.2. The van der Waals surface area contributed by atoms with Crippen molar-refractivity contribution in [1.29, 1.82) is 0 Å². The molecule has 0 spiro atoms. The molecule has 0 saturated heterocycles. The topological polar surface area (TPSA) is 60.4 Å². The predicted molar refractivity (Wildman–Crippen MR) is 119 cm³/mol. The summed E-state index contributed by atoms with van der Waals surface area (Å²) in [7, 11) is 0. The van der Waals surface area contributed by atoms with Crippen LogP contribution in [0, 0.1) is 13.8 Å². The van der Waals surface area contributed by atoms with Gasteiger partial charge in [0.15, 0.2) is 8.68 Å². The quantitative estimate of drug-likeness (QED) is 0.346. The maximum Gasteiger partial charge on any atom is 0.175 e. The molecule has 0 aliphatic heterocycles. The molecule has 0 radical (unpaired) electrons. The molecule has 146 valence electrons. The van der Waals surface area contributed by atoms with Crippen molar-refractivity contribution in [2.24, 2.45) is 0 Å². The summed E-state index contributed by atoms with van der Waals surface area (Å²) in [4.78, 5) is 9.32. The van der Waals surface area contributed by atoms with E-state index in [1.54, 1.807) is 34.9 Å². The molecule has 0 saturated carbocycles. The Morgan fingerprint density at radius 3 is 1.69 bits per heavy atom. The summed E-state index contributed by atoms with van der Waals surface area (Å²) in [5.74, 6) is 1.57. The van der Waals surface area contributed by atoms with Gasteiger partial charge in [-0.15, -0.1) is 10.2 Å². The minimum Gasteiger partial charge on any atom is -0.307 e. The lowest BCUT2D eigenvalue weighted by Gasteiger charge is -1.93. The number of fused-ring (bicyclic) bond motifs is 2. The molecule has 5 aromatic heterocycles. The van der Waals surface area contributed by atoms with Gasteiger partial charge in [0.1, 0.15) is 11.3 Å². The number of thioether (sulfide) groups is 2. The van der Waals surface area contributed by atoms with Crippen LogP contribution in [0.25, 0.3) is 11.3 Å². The first-order valence-electron chi connectivity index (χ1n) is 9.10. The fourth-order valence-electron chi connectivity index (χ4n) is 3.04. The van der Waals surface area contributed by atoms with Crippen LogP contribution in [-0.2, 0) is 11.5 Å². The fourth-order valence-corrected chi connectivity index (χ4v) is 5.82. The minimum atomic E-state index is 0.784. The lowest BCUT2D eigenvalue weighted by Crippen LogP contribution is -1.82. The van der Waals surface area contributed by atoms with Gasteiger partial charge in [-0.3, -0.25) is 0 Å². The van der Waals surface area contributed by atoms with Crippen molar-refractivity contribution >= 4 is 46.2 Å². The van der Waals surface area contributed by atoms with Crippen molar-refractivity contribution in [3.05, 3.63) is 71.6 Å². The molecule has 0 bridgehead atoms. The van der Waals surface area contributed by atoms with Crippen LogP contribution >= 0.6 is 34.9 Å². The third-order valence-corrected chi connectivity index (χ3v) is 7.63. The van der Waals surface area contributed by atoms with Crippen LogP contribution in [0.1, 0.15) is 22.5 Å². The smallest absolute Gasteiger partial charge is 0.175 e. The first-order chi connectivity index (χ1) is 14.1. The fraction of sp³-hybridized carbons (Fsp3) is 0.200. The van der Waals surface area contributed by atoms with E-state index < -0.39 is 0 Å². The Labute approximate surface area is 180 Å². The van der Waals surface area contributed by atoms with E-state index in [1.807, 2.05) is 12.1 Å². The first-order valence-corrected chi connectivity index (χ1v) is 11.9. The van der Waals surface area contributed by atoms with E-state index in [-0.39, 0.29) is 0 Å². The van der Waals surface area contributed by atoms with Crippen molar-refractivity contribution in [1.82, 2.24) is 29.0 Å². The molecule has 6 nitrogen and oxygen atoms in total. The highest BCUT2D eigenvalue weighted by Crippen LogP contribution is 2.32. The number of rotatable bonds is 6. The van der Waals surface area contributed by atoms with Gasteiger partial charge in [0.05, 0.1) is 11.4 Å². The number of aryl methyl sites for hydroxylation is 2. The third kappa shape index (κ3) is 4.17. The zero-order valence-corrected chi connectivity index (χ0v) is 18.4. The molecule has 0 amide bonds. The number of hydrogen-bond donors (Lipinski definition) is 0. The Balaban J connectivity index is 1.20. The number of imidazole rings is 2. The van der Waals surface area contributed by atoms with Gasteiger partial charge in [0.25, 0.3) is 0 Å². The Hall–Kier alpha value is -2.36. The van der Waals surface area contributed by atoms with Crippen molar-refractivity contribution in [3.63, 3.8) is 0 Å². The van der Waals surface area contributed by atoms with E-state index in [0.717, 1.165) is 42.9 Å². The summed E-state index contributed by atoms with van der Waals surface area (Å²) in [6, 6.07) is 8.25. The van der Waals surface area contributed by atoms with Gasteiger partial charge < -0.3 is 8.80 Å². The maximum absolute atomic E-state index is 4.66. The summed E-state index contributed by atoms with van der Waals surface area (Å²) < 4.78 is 6.07. The monoisotopic (exact) mass is 438 g/mol. The molecule has 9 heteroatoms. The van der Waals surface area contributed by atoms with E-state index in [1.165, 1.54) is 11.1 Å². The molecule has 0 unspecified atom stereocenters. The highest BCUT2D eigenvalue weighted by Gasteiger charge is 2.10. The maximum atomic E-state index is 4.66. The molecule has 29 heavy (non-hydrogen) atoms. The Bertz CT molecular complexity index is 1200. The number of nitrogens with zero attached hydrogens (tertiary/aromatic N) is 6. The van der Waals surface area contributed by atoms with E-state index in [4.69, 9.17) is 0 Å². The van der Waals surface area contributed by atoms with Gasteiger partial charge in [-0.25, -0.2) is 9.97 Å². The second-order valence-corrected chi connectivity index (χ2v) is 10.2. The van der Waals surface area contributed by atoms with Gasteiger partial charge in [0, 0.05) is 36.3 Å². The summed E-state index contributed by atoms with van der Waals surface area (Å²) in [6.07, 6.45) is 8.35. The van der Waals surface area contributed by atoms with E-state index in [0.29, 0.717) is 0 Å². The molecule has 0 aliphatic rings. The standard InChI is InChI=1S/C20H18N6S3/c1-13-3-5-17-21-15(9-25(17)7-13)11-27-19-23-24-20(29-19)28-12-16-10-26-8-14(2)4-6-18(26)22-16/h3-10H,11-12H2,1-2H3. The summed E-state index contributed by atoms with van der Waals surface area (Å²) in [5, 5.41) is 8.63. The Kier molecular flexibility index (Phi) is 5.03. The van der Waals surface area contributed by atoms with Crippen LogP contribution in [0.3, 0.4) is 0 Å². The molecular weight excluding hydrogens is 420 g/mol. The minimum absolute atomic E-state index is 0.784. The largest absolute Gasteiger partial charge is 0.307 e. The summed E-state index contributed by atoms with van der Waals surface area (Å²) >= 11 is 4.98. The average molecular weight is 439 g/mol. The van der Waals surface area contributed by atoms with Crippen LogP contribution in [0.5, 0.6) is 0 Å². The normalized spacial score (nSPS) is 11.7. The summed E-state index contributed by atoms with van der Waals surface area (Å²) in [5.41, 5.74) is 6.49. The molecule has 0 N–H and O–H groups in total. The van der Waals surface area contributed by atoms with E-state index in [2.05, 4.69) is 79.7 Å². The van der Waals surface area contributed by atoms with Crippen LogP contribution in [-0.4, -0.2) is 29.0 Å². The zero-order valence-electron chi connectivity index (χ0n) is 15.9. The van der Waals surface area contributed by atoms with Crippen molar-refractivity contribution in [2.45, 2.75) is 34.0 Å². The Morgan fingerprint density at radius 1 is 0.724 bits per heavy atom. The van der Waals surface area contributed by atoms with Gasteiger partial charge in [0.2, 0.25) is 0 Å². The SMILES string of the molecule is Cc1ccc2nc(CSc3nnc(SCc4cn5cc(C)ccc5n4)s3)cn2c1. The third-order valence-electron chi connectivity index (χ3n) is 4.37. The zero-order chi connectivity index (χ0) is 19.8. The van der Waals surface area contributed by atoms with Crippen LogP contribution in [0.2, 0.25) is 0 Å². The van der Waals surface area contributed by atoms with Crippen molar-refractivity contribution in [2.75, 3.05) is 0 Å². The Morgan fingerprint density at radius 2 is 1.21 bits per heavy atom. The number of aromatic nitrogens is 6. The second kappa shape index (κ2) is 7.81. The predicted octanol–water partition coefficient (Wildman–Crippen LogP) is 5.03. The molecule has 0 aliphatic carbocycles. The highest BCUT2D eigenvalue weighted by molar-refractivity contribution is 8.02.